The molecule has 1 aromatic heterocycles. The molecule has 2 N–H and O–H groups in total. The number of hydrogen-bond donors (Lipinski definition) is 2. The number of esters is 1. The summed E-state index contributed by atoms with van der Waals surface area (Å²) in [5.41, 5.74) is 1.56. The predicted octanol–water partition coefficient (Wildman–Crippen LogP) is 4.25. The Morgan fingerprint density at radius 1 is 1.10 bits per heavy atom. The minimum Gasteiger partial charge on any atom is -0.449 e. The Bertz CT molecular complexity index is 913. The first-order chi connectivity index (χ1) is 14.0. The third kappa shape index (κ3) is 6.16. The summed E-state index contributed by atoms with van der Waals surface area (Å²) in [6.07, 6.45) is -0.252. The monoisotopic (exact) mass is 430 g/mol. The van der Waals surface area contributed by atoms with E-state index in [0.29, 0.717) is 23.5 Å². The van der Waals surface area contributed by atoms with Crippen molar-refractivity contribution in [3.05, 3.63) is 51.9 Å². The quantitative estimate of drug-likeness (QED) is 0.643. The first-order valence-corrected chi connectivity index (χ1v) is 10.8. The molecule has 0 saturated heterocycles. The van der Waals surface area contributed by atoms with Gasteiger partial charge in [0.25, 0.3) is 5.91 Å². The van der Waals surface area contributed by atoms with Gasteiger partial charge in [-0.05, 0) is 38.3 Å². The van der Waals surface area contributed by atoms with Crippen LogP contribution in [0.25, 0.3) is 0 Å². The summed E-state index contributed by atoms with van der Waals surface area (Å²) in [6, 6.07) is 9.82. The summed E-state index contributed by atoms with van der Waals surface area (Å²) < 4.78 is 5.41. The number of ether oxygens (including phenoxy) is 1. The van der Waals surface area contributed by atoms with Gasteiger partial charge in [0, 0.05) is 16.8 Å². The van der Waals surface area contributed by atoms with Crippen molar-refractivity contribution < 1.29 is 19.1 Å². The topological polar surface area (TPSA) is 84.5 Å². The molecule has 0 aliphatic carbocycles. The molecule has 1 aromatic carbocycles. The summed E-state index contributed by atoms with van der Waals surface area (Å²) in [4.78, 5) is 38.4. The fourth-order valence-electron chi connectivity index (χ4n) is 2.64. The number of carbonyl (C=O) groups is 3. The van der Waals surface area contributed by atoms with Crippen LogP contribution in [-0.4, -0.2) is 30.4 Å². The largest absolute Gasteiger partial charge is 0.449 e. The van der Waals surface area contributed by atoms with Crippen molar-refractivity contribution in [2.24, 2.45) is 5.41 Å². The number of rotatable bonds is 7. The maximum atomic E-state index is 12.8. The SMILES string of the molecule is Cc1sc(NC(=O)C(C)(C)C)c(C(=O)OC(C)C(=O)NCCc2ccccc2)c1C. The van der Waals surface area contributed by atoms with Crippen molar-refractivity contribution in [2.75, 3.05) is 11.9 Å². The molecule has 0 aliphatic heterocycles. The van der Waals surface area contributed by atoms with E-state index in [2.05, 4.69) is 10.6 Å². The Hall–Kier alpha value is -2.67. The molecular weight excluding hydrogens is 400 g/mol. The standard InChI is InChI=1S/C23H30N2O4S/c1-14-16(3)30-20(25-22(28)23(4,5)6)18(14)21(27)29-15(2)19(26)24-13-12-17-10-8-7-9-11-17/h7-11,15H,12-13H2,1-6H3,(H,24,26)(H,25,28). The summed E-state index contributed by atoms with van der Waals surface area (Å²) in [5, 5.41) is 6.07. The van der Waals surface area contributed by atoms with Crippen LogP contribution in [0.4, 0.5) is 5.00 Å². The molecule has 0 fully saturated rings. The van der Waals surface area contributed by atoms with Crippen molar-refractivity contribution in [2.45, 2.75) is 54.1 Å². The molecule has 2 aromatic rings. The number of aryl methyl sites for hydroxylation is 1. The van der Waals surface area contributed by atoms with Crippen molar-refractivity contribution in [3.63, 3.8) is 0 Å². The van der Waals surface area contributed by atoms with Crippen LogP contribution in [0, 0.1) is 19.3 Å². The van der Waals surface area contributed by atoms with E-state index in [1.54, 1.807) is 27.7 Å². The van der Waals surface area contributed by atoms with Crippen LogP contribution in [0.3, 0.4) is 0 Å². The number of carbonyl (C=O) groups excluding carboxylic acids is 3. The summed E-state index contributed by atoms with van der Waals surface area (Å²) in [6.45, 7) is 11.1. The summed E-state index contributed by atoms with van der Waals surface area (Å²) >= 11 is 1.33. The van der Waals surface area contributed by atoms with Crippen LogP contribution in [0.2, 0.25) is 0 Å². The molecule has 162 valence electrons. The third-order valence-electron chi connectivity index (χ3n) is 4.71. The van der Waals surface area contributed by atoms with Crippen molar-refractivity contribution in [3.8, 4) is 0 Å². The molecule has 0 saturated carbocycles. The van der Waals surface area contributed by atoms with Crippen LogP contribution < -0.4 is 10.6 Å². The van der Waals surface area contributed by atoms with Gasteiger partial charge in [-0.2, -0.15) is 0 Å². The second-order valence-electron chi connectivity index (χ2n) is 8.27. The van der Waals surface area contributed by atoms with E-state index < -0.39 is 17.5 Å². The van der Waals surface area contributed by atoms with Crippen LogP contribution in [-0.2, 0) is 20.7 Å². The van der Waals surface area contributed by atoms with Crippen molar-refractivity contribution >= 4 is 34.1 Å². The highest BCUT2D eigenvalue weighted by molar-refractivity contribution is 7.16. The van der Waals surface area contributed by atoms with Crippen LogP contribution in [0.5, 0.6) is 0 Å². The molecule has 6 nitrogen and oxygen atoms in total. The Balaban J connectivity index is 2.00. The zero-order valence-corrected chi connectivity index (χ0v) is 19.2. The Morgan fingerprint density at radius 2 is 1.73 bits per heavy atom. The third-order valence-corrected chi connectivity index (χ3v) is 5.83. The lowest BCUT2D eigenvalue weighted by molar-refractivity contribution is -0.129. The van der Waals surface area contributed by atoms with Gasteiger partial charge in [-0.25, -0.2) is 4.79 Å². The molecule has 1 atom stereocenters. The van der Waals surface area contributed by atoms with E-state index in [-0.39, 0.29) is 11.8 Å². The van der Waals surface area contributed by atoms with Gasteiger partial charge in [0.1, 0.15) is 5.00 Å². The molecule has 0 radical (unpaired) electrons. The van der Waals surface area contributed by atoms with Gasteiger partial charge in [-0.3, -0.25) is 9.59 Å². The Kier molecular flexibility index (Phi) is 7.78. The first kappa shape index (κ1) is 23.6. The van der Waals surface area contributed by atoms with Gasteiger partial charge in [0.15, 0.2) is 6.10 Å². The van der Waals surface area contributed by atoms with Crippen LogP contribution >= 0.6 is 11.3 Å². The lowest BCUT2D eigenvalue weighted by Crippen LogP contribution is -2.37. The zero-order valence-electron chi connectivity index (χ0n) is 18.4. The lowest BCUT2D eigenvalue weighted by Gasteiger charge is -2.18. The average Bonchev–Trinajstić information content (AvgIpc) is 2.95. The van der Waals surface area contributed by atoms with Gasteiger partial charge < -0.3 is 15.4 Å². The first-order valence-electron chi connectivity index (χ1n) is 9.94. The molecule has 0 aliphatic rings. The number of nitrogens with one attached hydrogen (secondary N) is 2. The predicted molar refractivity (Wildman–Crippen MR) is 120 cm³/mol. The van der Waals surface area contributed by atoms with E-state index >= 15 is 0 Å². The Morgan fingerprint density at radius 3 is 2.33 bits per heavy atom. The van der Waals surface area contributed by atoms with E-state index in [1.807, 2.05) is 37.3 Å². The molecule has 2 rings (SSSR count). The number of anilines is 1. The smallest absolute Gasteiger partial charge is 0.342 e. The van der Waals surface area contributed by atoms with Crippen molar-refractivity contribution in [1.29, 1.82) is 0 Å². The molecule has 0 spiro atoms. The molecule has 0 bridgehead atoms. The second kappa shape index (κ2) is 9.89. The molecule has 1 unspecified atom stereocenters. The molecule has 30 heavy (non-hydrogen) atoms. The number of amides is 2. The highest BCUT2D eigenvalue weighted by Gasteiger charge is 2.28. The fraction of sp³-hybridized carbons (Fsp3) is 0.435. The molecule has 2 amide bonds. The number of benzene rings is 1. The number of thiophene rings is 1. The lowest BCUT2D eigenvalue weighted by atomic mass is 9.96. The minimum atomic E-state index is -0.945. The van der Waals surface area contributed by atoms with Gasteiger partial charge in [0.2, 0.25) is 5.91 Å². The highest BCUT2D eigenvalue weighted by atomic mass is 32.1. The van der Waals surface area contributed by atoms with Crippen LogP contribution in [0.1, 0.15) is 54.1 Å². The fourth-order valence-corrected chi connectivity index (χ4v) is 3.69. The summed E-state index contributed by atoms with van der Waals surface area (Å²) in [5.74, 6) is -1.17. The van der Waals surface area contributed by atoms with E-state index in [0.717, 1.165) is 16.0 Å². The van der Waals surface area contributed by atoms with E-state index in [4.69, 9.17) is 4.74 Å². The normalized spacial score (nSPS) is 12.2. The van der Waals surface area contributed by atoms with Gasteiger partial charge in [-0.1, -0.05) is 51.1 Å². The maximum Gasteiger partial charge on any atom is 0.342 e. The van der Waals surface area contributed by atoms with E-state index in [9.17, 15) is 14.4 Å². The summed E-state index contributed by atoms with van der Waals surface area (Å²) in [7, 11) is 0. The molecular formula is C23H30N2O4S. The zero-order chi connectivity index (χ0) is 22.5. The van der Waals surface area contributed by atoms with Crippen LogP contribution in [0.15, 0.2) is 30.3 Å². The maximum absolute atomic E-state index is 12.8. The van der Waals surface area contributed by atoms with Gasteiger partial charge in [-0.15, -0.1) is 11.3 Å². The highest BCUT2D eigenvalue weighted by Crippen LogP contribution is 2.34. The molecule has 1 heterocycles. The van der Waals surface area contributed by atoms with Gasteiger partial charge in [0.05, 0.1) is 5.56 Å². The van der Waals surface area contributed by atoms with E-state index in [1.165, 1.54) is 18.3 Å². The van der Waals surface area contributed by atoms with Gasteiger partial charge >= 0.3 is 5.97 Å². The number of hydrogen-bond acceptors (Lipinski definition) is 5. The van der Waals surface area contributed by atoms with Crippen molar-refractivity contribution in [1.82, 2.24) is 5.32 Å². The average molecular weight is 431 g/mol. The Labute approximate surface area is 182 Å². The molecule has 7 heteroatoms. The minimum absolute atomic E-state index is 0.190. The second-order valence-corrected chi connectivity index (χ2v) is 9.49.